The Kier molecular flexibility index (Phi) is 5.99. The van der Waals surface area contributed by atoms with Crippen molar-refractivity contribution in [1.29, 1.82) is 0 Å². The molecule has 0 radical (unpaired) electrons. The lowest BCUT2D eigenvalue weighted by Crippen LogP contribution is -2.36. The van der Waals surface area contributed by atoms with Gasteiger partial charge in [-0.3, -0.25) is 19.7 Å². The first kappa shape index (κ1) is 19.0. The molecule has 2 rings (SSSR count). The van der Waals surface area contributed by atoms with Gasteiger partial charge in [0.2, 0.25) is 5.91 Å². The normalized spacial score (nSPS) is 10.6. The van der Waals surface area contributed by atoms with Crippen LogP contribution in [0.4, 0.5) is 5.69 Å². The molecule has 0 atom stereocenters. The van der Waals surface area contributed by atoms with Crippen molar-refractivity contribution >= 4 is 17.5 Å². The highest BCUT2D eigenvalue weighted by atomic mass is 16.6. The number of nitrogens with zero attached hydrogens (tertiary/aromatic N) is 4. The number of non-ortho nitro benzene ring substituents is 1. The molecule has 0 fully saturated rings. The molecule has 0 bridgehead atoms. The van der Waals surface area contributed by atoms with Gasteiger partial charge in [0, 0.05) is 31.1 Å². The van der Waals surface area contributed by atoms with Crippen molar-refractivity contribution in [3.05, 3.63) is 45.8 Å². The molecule has 0 spiro atoms. The third kappa shape index (κ3) is 4.41. The van der Waals surface area contributed by atoms with E-state index in [1.165, 1.54) is 22.9 Å². The van der Waals surface area contributed by atoms with Crippen molar-refractivity contribution in [2.24, 2.45) is 5.92 Å². The summed E-state index contributed by atoms with van der Waals surface area (Å²) in [4.78, 5) is 34.0. The zero-order valence-electron chi connectivity index (χ0n) is 14.7. The number of nitro benzene ring substituents is 1. The fourth-order valence-corrected chi connectivity index (χ4v) is 2.17. The molecule has 138 valence electrons. The lowest BCUT2D eigenvalue weighted by atomic mass is 10.2. The first-order valence-corrected chi connectivity index (χ1v) is 8.04. The molecule has 0 saturated heterocycles. The second kappa shape index (κ2) is 8.19. The van der Waals surface area contributed by atoms with Crippen LogP contribution in [0.5, 0.6) is 0 Å². The summed E-state index contributed by atoms with van der Waals surface area (Å²) >= 11 is 0. The molecule has 1 heterocycles. The van der Waals surface area contributed by atoms with Crippen LogP contribution in [0.1, 0.15) is 30.0 Å². The van der Waals surface area contributed by atoms with E-state index < -0.39 is 10.8 Å². The largest absolute Gasteiger partial charge is 0.354 e. The smallest absolute Gasteiger partial charge is 0.273 e. The van der Waals surface area contributed by atoms with Crippen LogP contribution in [0, 0.1) is 23.0 Å². The standard InChI is InChI=1S/C16H20N6O4/c1-10(2)15(23)17-7-8-18-16(24)14-11(3)21(20-19-14)12-5-4-6-13(9-12)22(25)26/h4-6,9-10H,7-8H2,1-3H3,(H,17,23)(H,18,24). The van der Waals surface area contributed by atoms with Gasteiger partial charge in [-0.1, -0.05) is 25.1 Å². The third-order valence-corrected chi connectivity index (χ3v) is 3.63. The van der Waals surface area contributed by atoms with Crippen LogP contribution in [-0.4, -0.2) is 44.8 Å². The van der Waals surface area contributed by atoms with Crippen LogP contribution in [0.2, 0.25) is 0 Å². The molecule has 0 aliphatic carbocycles. The lowest BCUT2D eigenvalue weighted by molar-refractivity contribution is -0.384. The monoisotopic (exact) mass is 360 g/mol. The molecule has 10 heteroatoms. The van der Waals surface area contributed by atoms with Gasteiger partial charge in [-0.15, -0.1) is 5.10 Å². The molecule has 0 aliphatic heterocycles. The SMILES string of the molecule is Cc1c(C(=O)NCCNC(=O)C(C)C)nnn1-c1cccc([N+](=O)[O-])c1. The number of amides is 2. The van der Waals surface area contributed by atoms with Crippen LogP contribution in [0.3, 0.4) is 0 Å². The van der Waals surface area contributed by atoms with Crippen molar-refractivity contribution in [3.8, 4) is 5.69 Å². The van der Waals surface area contributed by atoms with E-state index in [0.29, 0.717) is 17.9 Å². The molecule has 0 aliphatic rings. The van der Waals surface area contributed by atoms with Crippen molar-refractivity contribution in [2.75, 3.05) is 13.1 Å². The summed E-state index contributed by atoms with van der Waals surface area (Å²) < 4.78 is 1.36. The van der Waals surface area contributed by atoms with E-state index in [2.05, 4.69) is 20.9 Å². The Bertz CT molecular complexity index is 830. The summed E-state index contributed by atoms with van der Waals surface area (Å²) in [6, 6.07) is 5.89. The molecule has 2 N–H and O–H groups in total. The zero-order valence-corrected chi connectivity index (χ0v) is 14.7. The van der Waals surface area contributed by atoms with Gasteiger partial charge >= 0.3 is 0 Å². The number of carbonyl (C=O) groups excluding carboxylic acids is 2. The Hall–Kier alpha value is -3.30. The van der Waals surface area contributed by atoms with Crippen LogP contribution in [0.25, 0.3) is 5.69 Å². The average Bonchev–Trinajstić information content (AvgIpc) is 2.99. The summed E-state index contributed by atoms with van der Waals surface area (Å²) in [6.45, 7) is 5.77. The Labute approximate surface area is 149 Å². The maximum absolute atomic E-state index is 12.2. The Morgan fingerprint density at radius 1 is 1.27 bits per heavy atom. The highest BCUT2D eigenvalue weighted by Crippen LogP contribution is 2.18. The van der Waals surface area contributed by atoms with E-state index >= 15 is 0 Å². The van der Waals surface area contributed by atoms with E-state index in [9.17, 15) is 19.7 Å². The average molecular weight is 360 g/mol. The predicted octanol–water partition coefficient (Wildman–Crippen LogP) is 0.986. The van der Waals surface area contributed by atoms with Crippen LogP contribution in [-0.2, 0) is 4.79 Å². The van der Waals surface area contributed by atoms with Gasteiger partial charge in [0.05, 0.1) is 16.3 Å². The molecule has 2 aromatic rings. The summed E-state index contributed by atoms with van der Waals surface area (Å²) in [5, 5.41) is 24.0. The van der Waals surface area contributed by atoms with Gasteiger partial charge in [0.25, 0.3) is 11.6 Å². The lowest BCUT2D eigenvalue weighted by Gasteiger charge is -2.08. The van der Waals surface area contributed by atoms with Gasteiger partial charge in [0.1, 0.15) is 0 Å². The van der Waals surface area contributed by atoms with Crippen LogP contribution < -0.4 is 10.6 Å². The Morgan fingerprint density at radius 3 is 2.62 bits per heavy atom. The second-order valence-electron chi connectivity index (χ2n) is 5.91. The van der Waals surface area contributed by atoms with Gasteiger partial charge < -0.3 is 10.6 Å². The first-order valence-electron chi connectivity index (χ1n) is 8.04. The number of carbonyl (C=O) groups is 2. The number of hydrogen-bond acceptors (Lipinski definition) is 6. The molecule has 2 amide bonds. The number of hydrogen-bond donors (Lipinski definition) is 2. The minimum absolute atomic E-state index is 0.0794. The molecule has 10 nitrogen and oxygen atoms in total. The molecule has 1 aromatic carbocycles. The van der Waals surface area contributed by atoms with Crippen molar-refractivity contribution in [3.63, 3.8) is 0 Å². The van der Waals surface area contributed by atoms with Crippen molar-refractivity contribution in [1.82, 2.24) is 25.6 Å². The second-order valence-corrected chi connectivity index (χ2v) is 5.91. The fraction of sp³-hybridized carbons (Fsp3) is 0.375. The molecule has 26 heavy (non-hydrogen) atoms. The van der Waals surface area contributed by atoms with Crippen molar-refractivity contribution < 1.29 is 14.5 Å². The Morgan fingerprint density at radius 2 is 1.96 bits per heavy atom. The van der Waals surface area contributed by atoms with E-state index in [1.807, 2.05) is 0 Å². The summed E-state index contributed by atoms with van der Waals surface area (Å²) in [5.41, 5.74) is 0.928. The molecular weight excluding hydrogens is 340 g/mol. The molecule has 0 saturated carbocycles. The molecule has 1 aromatic heterocycles. The summed E-state index contributed by atoms with van der Waals surface area (Å²) in [5.74, 6) is -0.646. The Balaban J connectivity index is 2.04. The van der Waals surface area contributed by atoms with E-state index in [4.69, 9.17) is 0 Å². The van der Waals surface area contributed by atoms with E-state index in [0.717, 1.165) is 0 Å². The van der Waals surface area contributed by atoms with Gasteiger partial charge in [-0.2, -0.15) is 0 Å². The third-order valence-electron chi connectivity index (χ3n) is 3.63. The van der Waals surface area contributed by atoms with E-state index in [1.54, 1.807) is 26.8 Å². The van der Waals surface area contributed by atoms with E-state index in [-0.39, 0.29) is 29.8 Å². The first-order chi connectivity index (χ1) is 12.3. The molecular formula is C16H20N6O4. The number of aromatic nitrogens is 3. The van der Waals surface area contributed by atoms with Gasteiger partial charge in [-0.05, 0) is 13.0 Å². The highest BCUT2D eigenvalue weighted by Gasteiger charge is 2.18. The number of benzene rings is 1. The quantitative estimate of drug-likeness (QED) is 0.430. The van der Waals surface area contributed by atoms with Gasteiger partial charge in [-0.25, -0.2) is 4.68 Å². The number of rotatable bonds is 7. The maximum atomic E-state index is 12.2. The van der Waals surface area contributed by atoms with Crippen LogP contribution in [0.15, 0.2) is 24.3 Å². The molecule has 0 unspecified atom stereocenters. The van der Waals surface area contributed by atoms with Crippen LogP contribution >= 0.6 is 0 Å². The topological polar surface area (TPSA) is 132 Å². The zero-order chi connectivity index (χ0) is 19.3. The van der Waals surface area contributed by atoms with Gasteiger partial charge in [0.15, 0.2) is 5.69 Å². The number of nitrogens with one attached hydrogen (secondary N) is 2. The number of nitro groups is 1. The fourth-order valence-electron chi connectivity index (χ4n) is 2.17. The maximum Gasteiger partial charge on any atom is 0.273 e. The summed E-state index contributed by atoms with van der Waals surface area (Å²) in [6.07, 6.45) is 0. The predicted molar refractivity (Wildman–Crippen MR) is 92.9 cm³/mol. The van der Waals surface area contributed by atoms with Crippen molar-refractivity contribution in [2.45, 2.75) is 20.8 Å². The minimum Gasteiger partial charge on any atom is -0.354 e. The minimum atomic E-state index is -0.505. The summed E-state index contributed by atoms with van der Waals surface area (Å²) in [7, 11) is 0. The highest BCUT2D eigenvalue weighted by molar-refractivity contribution is 5.93.